The molecule has 2 N–H and O–H groups in total. The zero-order chi connectivity index (χ0) is 10.3. The van der Waals surface area contributed by atoms with Crippen molar-refractivity contribution in [3.63, 3.8) is 0 Å². The molecule has 0 unspecified atom stereocenters. The molecule has 1 aliphatic heterocycles. The number of aromatic amines is 1. The topological polar surface area (TPSA) is 88.0 Å². The zero-order valence-electron chi connectivity index (χ0n) is 7.17. The molecule has 1 saturated heterocycles. The number of aromatic nitrogens is 3. The van der Waals surface area contributed by atoms with Crippen molar-refractivity contribution in [1.29, 1.82) is 0 Å². The maximum atomic E-state index is 11.0. The number of nitrogens with zero attached hydrogens (tertiary/aromatic N) is 2. The lowest BCUT2D eigenvalue weighted by molar-refractivity contribution is 0.261. The average Bonchev–Trinajstić information content (AvgIpc) is 2.42. The minimum absolute atomic E-state index is 0.0772. The summed E-state index contributed by atoms with van der Waals surface area (Å²) in [5.74, 6) is 0.539. The Morgan fingerprint density at radius 1 is 1.64 bits per heavy atom. The quantitative estimate of drug-likeness (QED) is 0.668. The lowest BCUT2D eigenvalue weighted by atomic mass is 10.3. The van der Waals surface area contributed by atoms with Gasteiger partial charge in [-0.15, -0.1) is 0 Å². The van der Waals surface area contributed by atoms with Gasteiger partial charge in [-0.3, -0.25) is 9.67 Å². The van der Waals surface area contributed by atoms with Crippen LogP contribution in [0.5, 0.6) is 0 Å². The predicted molar refractivity (Wildman–Crippen MR) is 51.0 cm³/mol. The molecule has 6 nitrogen and oxygen atoms in total. The molecule has 2 heterocycles. The Kier molecular flexibility index (Phi) is 2.20. The molecule has 1 aromatic rings. The summed E-state index contributed by atoms with van der Waals surface area (Å²) in [5.41, 5.74) is 0. The molecule has 14 heavy (non-hydrogen) atoms. The van der Waals surface area contributed by atoms with Crippen molar-refractivity contribution in [2.75, 3.05) is 11.5 Å². The normalized spacial score (nSPS) is 20.6. The number of nitrogens with one attached hydrogen (secondary N) is 1. The van der Waals surface area contributed by atoms with Gasteiger partial charge in [0.25, 0.3) is 0 Å². The first-order chi connectivity index (χ1) is 6.53. The van der Waals surface area contributed by atoms with Crippen LogP contribution < -0.4 is 0 Å². The number of H-pyrrole nitrogens is 1. The van der Waals surface area contributed by atoms with Crippen LogP contribution in [0.25, 0.3) is 0 Å². The van der Waals surface area contributed by atoms with Crippen molar-refractivity contribution in [2.24, 2.45) is 0 Å². The van der Waals surface area contributed by atoms with Gasteiger partial charge in [-0.05, 0) is 12.2 Å². The van der Waals surface area contributed by atoms with Gasteiger partial charge in [0.2, 0.25) is 0 Å². The highest BCUT2D eigenvalue weighted by molar-refractivity contribution is 7.92. The number of aliphatic hydroxyl groups is 1. The summed E-state index contributed by atoms with van der Waals surface area (Å²) in [6, 6.07) is -0.173. The van der Waals surface area contributed by atoms with Crippen LogP contribution in [0.4, 0.5) is 0 Å². The summed E-state index contributed by atoms with van der Waals surface area (Å²) >= 11 is 4.93. The molecule has 0 saturated carbocycles. The zero-order valence-corrected chi connectivity index (χ0v) is 8.81. The van der Waals surface area contributed by atoms with Gasteiger partial charge >= 0.3 is 0 Å². The van der Waals surface area contributed by atoms with Crippen LogP contribution in [0.2, 0.25) is 0 Å². The van der Waals surface area contributed by atoms with Gasteiger partial charge in [-0.1, -0.05) is 0 Å². The smallest absolute Gasteiger partial charge is 0.195 e. The first-order valence-corrected chi connectivity index (χ1v) is 6.23. The molecular formula is C6H9N3O3S2. The third kappa shape index (κ3) is 1.49. The fourth-order valence-electron chi connectivity index (χ4n) is 1.51. The second-order valence-electron chi connectivity index (χ2n) is 3.20. The maximum Gasteiger partial charge on any atom is 0.195 e. The molecule has 1 aromatic heterocycles. The molecule has 0 amide bonds. The molecule has 1 fully saturated rings. The van der Waals surface area contributed by atoms with Gasteiger partial charge in [-0.2, -0.15) is 5.10 Å². The van der Waals surface area contributed by atoms with Gasteiger partial charge in [0.15, 0.2) is 20.4 Å². The van der Waals surface area contributed by atoms with Crippen LogP contribution >= 0.6 is 12.2 Å². The van der Waals surface area contributed by atoms with Crippen LogP contribution in [-0.4, -0.2) is 39.8 Å². The second-order valence-corrected chi connectivity index (χ2v) is 5.74. The molecule has 0 aromatic carbocycles. The van der Waals surface area contributed by atoms with E-state index >= 15 is 0 Å². The van der Waals surface area contributed by atoms with Crippen molar-refractivity contribution in [2.45, 2.75) is 12.6 Å². The fraction of sp³-hybridized carbons (Fsp3) is 0.667. The van der Waals surface area contributed by atoms with E-state index in [2.05, 4.69) is 10.2 Å². The summed E-state index contributed by atoms with van der Waals surface area (Å²) in [5, 5.41) is 15.2. The van der Waals surface area contributed by atoms with Crippen molar-refractivity contribution in [1.82, 2.24) is 14.8 Å². The van der Waals surface area contributed by atoms with Gasteiger partial charge in [-0.25, -0.2) is 8.42 Å². The van der Waals surface area contributed by atoms with Crippen LogP contribution in [0, 0.1) is 4.77 Å². The molecule has 8 heteroatoms. The van der Waals surface area contributed by atoms with Crippen molar-refractivity contribution < 1.29 is 13.5 Å². The van der Waals surface area contributed by atoms with E-state index in [0.717, 1.165) is 0 Å². The number of sulfone groups is 1. The van der Waals surface area contributed by atoms with Crippen LogP contribution in [0.3, 0.4) is 0 Å². The highest BCUT2D eigenvalue weighted by Gasteiger charge is 2.36. The van der Waals surface area contributed by atoms with Crippen LogP contribution in [0.1, 0.15) is 11.9 Å². The molecule has 0 aliphatic carbocycles. The third-order valence-corrected chi connectivity index (χ3v) is 4.25. The van der Waals surface area contributed by atoms with E-state index in [1.165, 1.54) is 0 Å². The van der Waals surface area contributed by atoms with Crippen molar-refractivity contribution in [3.05, 3.63) is 10.6 Å². The average molecular weight is 235 g/mol. The van der Waals surface area contributed by atoms with Crippen LogP contribution in [-0.2, 0) is 16.4 Å². The second kappa shape index (κ2) is 3.14. The predicted octanol–water partition coefficient (Wildman–Crippen LogP) is -0.598. The summed E-state index contributed by atoms with van der Waals surface area (Å²) in [6.07, 6.45) is 0. The summed E-state index contributed by atoms with van der Waals surface area (Å²) in [6.45, 7) is -0.246. The Hall–Kier alpha value is -0.730. The monoisotopic (exact) mass is 235 g/mol. The van der Waals surface area contributed by atoms with Gasteiger partial charge in [0.1, 0.15) is 6.61 Å². The highest BCUT2D eigenvalue weighted by atomic mass is 32.2. The number of aliphatic hydroxyl groups excluding tert-OH is 1. The van der Waals surface area contributed by atoms with Crippen LogP contribution in [0.15, 0.2) is 0 Å². The van der Waals surface area contributed by atoms with E-state index in [9.17, 15) is 8.42 Å². The molecule has 0 spiro atoms. The molecule has 0 radical (unpaired) electrons. The standard InChI is InChI=1S/C6H9N3O3S2/c10-1-5-7-8-6(13)9(5)4-2-14(11,12)3-4/h4,10H,1-3H2,(H,8,13). The SMILES string of the molecule is O=S1(=O)CC(n2c(CO)n[nH]c2=S)C1. The Morgan fingerprint density at radius 2 is 2.29 bits per heavy atom. The summed E-state index contributed by atoms with van der Waals surface area (Å²) in [7, 11) is -2.89. The van der Waals surface area contributed by atoms with E-state index in [4.69, 9.17) is 17.3 Å². The number of hydrogen-bond donors (Lipinski definition) is 2. The van der Waals surface area contributed by atoms with Crippen molar-refractivity contribution in [3.8, 4) is 0 Å². The first kappa shape index (κ1) is 9.81. The number of hydrogen-bond acceptors (Lipinski definition) is 5. The van der Waals surface area contributed by atoms with E-state index in [-0.39, 0.29) is 24.2 Å². The Balaban J connectivity index is 2.34. The largest absolute Gasteiger partial charge is 0.388 e. The maximum absolute atomic E-state index is 11.0. The molecule has 78 valence electrons. The van der Waals surface area contributed by atoms with E-state index in [1.54, 1.807) is 4.57 Å². The van der Waals surface area contributed by atoms with E-state index < -0.39 is 9.84 Å². The van der Waals surface area contributed by atoms with E-state index in [0.29, 0.717) is 10.6 Å². The van der Waals surface area contributed by atoms with Gasteiger partial charge in [0, 0.05) is 0 Å². The Bertz CT molecular complexity index is 489. The Morgan fingerprint density at radius 3 is 2.79 bits per heavy atom. The fourth-order valence-corrected chi connectivity index (χ4v) is 3.18. The Labute approximate surface area is 85.5 Å². The lowest BCUT2D eigenvalue weighted by Gasteiger charge is -2.27. The van der Waals surface area contributed by atoms with Crippen molar-refractivity contribution >= 4 is 22.1 Å². The molecule has 1 aliphatic rings. The molecule has 0 bridgehead atoms. The lowest BCUT2D eigenvalue weighted by Crippen LogP contribution is -2.39. The van der Waals surface area contributed by atoms with Gasteiger partial charge in [0.05, 0.1) is 17.5 Å². The highest BCUT2D eigenvalue weighted by Crippen LogP contribution is 2.24. The minimum atomic E-state index is -2.89. The molecular weight excluding hydrogens is 226 g/mol. The third-order valence-electron chi connectivity index (χ3n) is 2.18. The minimum Gasteiger partial charge on any atom is -0.388 e. The first-order valence-electron chi connectivity index (χ1n) is 4.00. The van der Waals surface area contributed by atoms with Gasteiger partial charge < -0.3 is 5.11 Å². The molecule has 0 atom stereocenters. The number of rotatable bonds is 2. The summed E-state index contributed by atoms with van der Waals surface area (Å²) < 4.78 is 23.8. The van der Waals surface area contributed by atoms with E-state index in [1.807, 2.05) is 0 Å². The molecule has 2 rings (SSSR count). The summed E-state index contributed by atoms with van der Waals surface area (Å²) in [4.78, 5) is 0.